The zero-order valence-corrected chi connectivity index (χ0v) is 13.6. The molecule has 2 rings (SSSR count). The van der Waals surface area contributed by atoms with E-state index in [-0.39, 0.29) is 22.6 Å². The minimum atomic E-state index is -1.32. The smallest absolute Gasteiger partial charge is 0.338 e. The van der Waals surface area contributed by atoms with Gasteiger partial charge in [0.25, 0.3) is 11.4 Å². The third kappa shape index (κ3) is 5.97. The molecule has 0 aromatic heterocycles. The van der Waals surface area contributed by atoms with E-state index in [1.807, 2.05) is 0 Å². The van der Waals surface area contributed by atoms with Crippen molar-refractivity contribution in [1.82, 2.24) is 0 Å². The molecule has 142 valence electrons. The molecular weight excluding hydrogens is 368 g/mol. The molecule has 0 heterocycles. The molecule has 0 spiro atoms. The number of nitrogens with zero attached hydrogens (tertiary/aromatic N) is 2. The second-order valence-corrected chi connectivity index (χ2v) is 4.79. The van der Waals surface area contributed by atoms with Gasteiger partial charge in [-0.2, -0.15) is 0 Å². The Morgan fingerprint density at radius 3 is 1.63 bits per heavy atom. The lowest BCUT2D eigenvalue weighted by Crippen LogP contribution is -2.01. The van der Waals surface area contributed by atoms with E-state index in [4.69, 9.17) is 15.3 Å². The average molecular weight is 380 g/mol. The maximum atomic E-state index is 11.0. The summed E-state index contributed by atoms with van der Waals surface area (Å²) in [6, 6.07) is 5.78. The second-order valence-electron chi connectivity index (χ2n) is 4.79. The lowest BCUT2D eigenvalue weighted by molar-refractivity contribution is -0.385. The fourth-order valence-electron chi connectivity index (χ4n) is 1.76. The number of carbonyl (C=O) groups excluding carboxylic acids is 1. The molecule has 0 saturated carbocycles. The number of rotatable bonds is 4. The highest BCUT2D eigenvalue weighted by molar-refractivity contribution is 5.90. The van der Waals surface area contributed by atoms with Crippen molar-refractivity contribution in [2.75, 3.05) is 7.11 Å². The number of phenolic OH excluding ortho intramolecular Hbond substituents is 2. The highest BCUT2D eigenvalue weighted by Crippen LogP contribution is 2.22. The fraction of sp³-hybridized carbons (Fsp3) is 0.0667. The molecule has 0 aliphatic carbocycles. The monoisotopic (exact) mass is 380 g/mol. The zero-order chi connectivity index (χ0) is 20.7. The fourth-order valence-corrected chi connectivity index (χ4v) is 1.76. The largest absolute Gasteiger partial charge is 0.508 e. The normalized spacial score (nSPS) is 9.52. The average Bonchev–Trinajstić information content (AvgIpc) is 2.60. The van der Waals surface area contributed by atoms with E-state index < -0.39 is 33.2 Å². The number of hydrogen-bond acceptors (Lipinski definition) is 9. The molecule has 0 radical (unpaired) electrons. The van der Waals surface area contributed by atoms with Gasteiger partial charge in [-0.05, 0) is 12.1 Å². The van der Waals surface area contributed by atoms with E-state index in [1.54, 1.807) is 0 Å². The molecule has 12 heteroatoms. The third-order valence-electron chi connectivity index (χ3n) is 2.89. The number of carbonyl (C=O) groups is 2. The maximum absolute atomic E-state index is 11.0. The first-order chi connectivity index (χ1) is 12.5. The highest BCUT2D eigenvalue weighted by atomic mass is 16.6. The van der Waals surface area contributed by atoms with Crippen LogP contribution in [0.4, 0.5) is 11.4 Å². The van der Waals surface area contributed by atoms with Crippen LogP contribution >= 0.6 is 0 Å². The molecule has 27 heavy (non-hydrogen) atoms. The van der Waals surface area contributed by atoms with Crippen molar-refractivity contribution in [3.8, 4) is 11.5 Å². The number of phenols is 2. The van der Waals surface area contributed by atoms with Gasteiger partial charge in [-0.1, -0.05) is 0 Å². The highest BCUT2D eigenvalue weighted by Gasteiger charge is 2.14. The van der Waals surface area contributed by atoms with Crippen molar-refractivity contribution in [3.63, 3.8) is 0 Å². The van der Waals surface area contributed by atoms with E-state index in [2.05, 4.69) is 4.74 Å². The lowest BCUT2D eigenvalue weighted by Gasteiger charge is -1.99. The van der Waals surface area contributed by atoms with Gasteiger partial charge in [0.05, 0.1) is 40.2 Å². The summed E-state index contributed by atoms with van der Waals surface area (Å²) in [5, 5.41) is 47.1. The number of aromatic carboxylic acids is 1. The molecule has 0 bridgehead atoms. The molecule has 2 aromatic carbocycles. The molecule has 0 fully saturated rings. The lowest BCUT2D eigenvalue weighted by atomic mass is 10.2. The van der Waals surface area contributed by atoms with Gasteiger partial charge >= 0.3 is 11.9 Å². The SMILES string of the molecule is COC(=O)c1cc(O)cc([N+](=O)[O-])c1.O=C(O)c1cc(O)cc([N+](=O)[O-])c1. The van der Waals surface area contributed by atoms with E-state index in [9.17, 15) is 29.8 Å². The maximum Gasteiger partial charge on any atom is 0.338 e. The summed E-state index contributed by atoms with van der Waals surface area (Å²) in [6.45, 7) is 0. The first-order valence-electron chi connectivity index (χ1n) is 6.83. The molecule has 2 aromatic rings. The molecule has 0 unspecified atom stereocenters. The van der Waals surface area contributed by atoms with Gasteiger partial charge in [-0.15, -0.1) is 0 Å². The van der Waals surface area contributed by atoms with Gasteiger partial charge in [0.15, 0.2) is 0 Å². The van der Waals surface area contributed by atoms with Crippen LogP contribution in [-0.4, -0.2) is 44.2 Å². The number of non-ortho nitro benzene ring substituents is 2. The van der Waals surface area contributed by atoms with Crippen molar-refractivity contribution < 1.29 is 39.5 Å². The number of aromatic hydroxyl groups is 2. The summed E-state index contributed by atoms with van der Waals surface area (Å²) in [5.74, 6) is -2.84. The predicted molar refractivity (Wildman–Crippen MR) is 87.8 cm³/mol. The van der Waals surface area contributed by atoms with Crippen molar-refractivity contribution in [2.24, 2.45) is 0 Å². The summed E-state index contributed by atoms with van der Waals surface area (Å²) in [5.41, 5.74) is -1.17. The van der Waals surface area contributed by atoms with Crippen LogP contribution in [0.2, 0.25) is 0 Å². The standard InChI is InChI=1S/C8H7NO5.C7H5NO5/c1-14-8(11)5-2-6(9(12)13)4-7(10)3-5;9-6-2-4(7(10)11)1-5(3-6)8(12)13/h2-4,10H,1H3;1-3,9H,(H,10,11). The number of ether oxygens (including phenoxy) is 1. The Kier molecular flexibility index (Phi) is 6.75. The van der Waals surface area contributed by atoms with Gasteiger partial charge in [0, 0.05) is 12.1 Å². The Hall–Kier alpha value is -4.22. The van der Waals surface area contributed by atoms with E-state index >= 15 is 0 Å². The third-order valence-corrected chi connectivity index (χ3v) is 2.89. The number of carboxylic acids is 1. The second kappa shape index (κ2) is 8.75. The van der Waals surface area contributed by atoms with Crippen molar-refractivity contribution >= 4 is 23.3 Å². The van der Waals surface area contributed by atoms with Crippen LogP contribution in [0, 0.1) is 20.2 Å². The van der Waals surface area contributed by atoms with Crippen molar-refractivity contribution in [1.29, 1.82) is 0 Å². The van der Waals surface area contributed by atoms with Crippen LogP contribution in [0.3, 0.4) is 0 Å². The quantitative estimate of drug-likeness (QED) is 0.402. The first kappa shape index (κ1) is 20.8. The topological polar surface area (TPSA) is 190 Å². The molecule has 0 saturated heterocycles. The number of carboxylic acid groups (broad SMARTS) is 1. The molecule has 3 N–H and O–H groups in total. The molecule has 12 nitrogen and oxygen atoms in total. The summed E-state index contributed by atoms with van der Waals surface area (Å²) < 4.78 is 4.35. The number of esters is 1. The van der Waals surface area contributed by atoms with Crippen molar-refractivity contribution in [2.45, 2.75) is 0 Å². The summed E-state index contributed by atoms with van der Waals surface area (Å²) in [4.78, 5) is 40.5. The van der Waals surface area contributed by atoms with Gasteiger partial charge in [-0.25, -0.2) is 9.59 Å². The van der Waals surface area contributed by atoms with E-state index in [0.717, 1.165) is 43.5 Å². The van der Waals surface area contributed by atoms with Gasteiger partial charge in [0.1, 0.15) is 11.5 Å². The molecule has 0 amide bonds. The van der Waals surface area contributed by atoms with Crippen LogP contribution in [0.1, 0.15) is 20.7 Å². The van der Waals surface area contributed by atoms with Crippen LogP contribution in [-0.2, 0) is 4.74 Å². The number of nitro groups is 2. The summed E-state index contributed by atoms with van der Waals surface area (Å²) in [7, 11) is 1.15. The number of nitro benzene ring substituents is 2. The molecule has 0 aliphatic heterocycles. The first-order valence-corrected chi connectivity index (χ1v) is 6.83. The van der Waals surface area contributed by atoms with E-state index in [1.165, 1.54) is 0 Å². The molecule has 0 atom stereocenters. The molecule has 0 aliphatic rings. The Morgan fingerprint density at radius 2 is 1.26 bits per heavy atom. The summed E-state index contributed by atoms with van der Waals surface area (Å²) in [6.07, 6.45) is 0. The van der Waals surface area contributed by atoms with Crippen LogP contribution in [0.25, 0.3) is 0 Å². The Morgan fingerprint density at radius 1 is 0.852 bits per heavy atom. The molecular formula is C15H12N2O10. The number of methoxy groups -OCH3 is 1. The Balaban J connectivity index is 0.000000271. The minimum absolute atomic E-state index is 0.0563. The van der Waals surface area contributed by atoms with Crippen LogP contribution < -0.4 is 0 Å². The minimum Gasteiger partial charge on any atom is -0.508 e. The van der Waals surface area contributed by atoms with E-state index in [0.29, 0.717) is 0 Å². The summed E-state index contributed by atoms with van der Waals surface area (Å²) >= 11 is 0. The number of benzene rings is 2. The zero-order valence-electron chi connectivity index (χ0n) is 13.6. The predicted octanol–water partition coefficient (Wildman–Crippen LogP) is 2.09. The Bertz CT molecular complexity index is 877. The number of hydrogen-bond donors (Lipinski definition) is 3. The van der Waals surface area contributed by atoms with Crippen LogP contribution in [0.15, 0.2) is 36.4 Å². The van der Waals surface area contributed by atoms with Crippen molar-refractivity contribution in [3.05, 3.63) is 67.8 Å². The van der Waals surface area contributed by atoms with Gasteiger partial charge in [-0.3, -0.25) is 20.2 Å². The van der Waals surface area contributed by atoms with Gasteiger partial charge < -0.3 is 20.1 Å². The van der Waals surface area contributed by atoms with Crippen LogP contribution in [0.5, 0.6) is 11.5 Å². The Labute approximate surface area is 150 Å². The van der Waals surface area contributed by atoms with Gasteiger partial charge in [0.2, 0.25) is 0 Å².